The van der Waals surface area contributed by atoms with Gasteiger partial charge in [-0.25, -0.2) is 0 Å². The Morgan fingerprint density at radius 1 is 1.35 bits per heavy atom. The number of carbonyl (C=O) groups is 1. The fourth-order valence-corrected chi connectivity index (χ4v) is 2.46. The Hall–Kier alpha value is -2.02. The molecule has 2 rings (SSSR count). The van der Waals surface area contributed by atoms with E-state index in [0.29, 0.717) is 23.2 Å². The topological polar surface area (TPSA) is 71.0 Å². The van der Waals surface area contributed by atoms with Crippen LogP contribution in [0.4, 0.5) is 5.13 Å². The smallest absolute Gasteiger partial charge is 0.285 e. The molecule has 2 aromatic rings. The molecule has 0 spiro atoms. The lowest BCUT2D eigenvalue weighted by molar-refractivity contribution is 0.0749. The monoisotopic (exact) mass is 291 g/mol. The minimum absolute atomic E-state index is 0.111. The summed E-state index contributed by atoms with van der Waals surface area (Å²) in [7, 11) is 0. The number of anilines is 1. The molecule has 0 aliphatic rings. The molecule has 2 heterocycles. The van der Waals surface area contributed by atoms with E-state index < -0.39 is 0 Å². The van der Waals surface area contributed by atoms with E-state index in [9.17, 15) is 4.79 Å². The predicted molar refractivity (Wildman–Crippen MR) is 78.7 cm³/mol. The van der Waals surface area contributed by atoms with E-state index >= 15 is 0 Å². The second-order valence-corrected chi connectivity index (χ2v) is 5.06. The van der Waals surface area contributed by atoms with Crippen LogP contribution in [0.25, 0.3) is 0 Å². The van der Waals surface area contributed by atoms with E-state index in [2.05, 4.69) is 20.5 Å². The summed E-state index contributed by atoms with van der Waals surface area (Å²) in [6.07, 6.45) is 1.72. The van der Waals surface area contributed by atoms with Gasteiger partial charge in [0.05, 0.1) is 12.2 Å². The van der Waals surface area contributed by atoms with Crippen LogP contribution >= 0.6 is 11.3 Å². The molecule has 1 N–H and O–H groups in total. The minimum atomic E-state index is -0.111. The molecular formula is C13H17N5OS. The zero-order valence-corrected chi connectivity index (χ0v) is 12.4. The third-order valence-electron chi connectivity index (χ3n) is 2.68. The standard InChI is InChI=1S/C13H17N5OS/c1-3-14-13-17-16-11(20-13)12(19)18(4-2)9-10-7-5-6-8-15-10/h5-8H,3-4,9H2,1-2H3,(H,14,17). The molecule has 2 aromatic heterocycles. The second kappa shape index (κ2) is 6.95. The van der Waals surface area contributed by atoms with E-state index in [-0.39, 0.29) is 5.91 Å². The maximum Gasteiger partial charge on any atom is 0.285 e. The van der Waals surface area contributed by atoms with Gasteiger partial charge >= 0.3 is 0 Å². The van der Waals surface area contributed by atoms with E-state index in [0.717, 1.165) is 12.2 Å². The van der Waals surface area contributed by atoms with Gasteiger partial charge in [0.2, 0.25) is 10.1 Å². The maximum absolute atomic E-state index is 12.4. The van der Waals surface area contributed by atoms with Crippen molar-refractivity contribution in [3.05, 3.63) is 35.1 Å². The quantitative estimate of drug-likeness (QED) is 0.881. The van der Waals surface area contributed by atoms with Gasteiger partial charge in [0.15, 0.2) is 0 Å². The van der Waals surface area contributed by atoms with E-state index in [4.69, 9.17) is 0 Å². The van der Waals surface area contributed by atoms with Gasteiger partial charge in [-0.1, -0.05) is 17.4 Å². The Morgan fingerprint density at radius 2 is 2.20 bits per heavy atom. The van der Waals surface area contributed by atoms with Crippen molar-refractivity contribution in [1.82, 2.24) is 20.1 Å². The molecule has 0 aliphatic carbocycles. The fourth-order valence-electron chi connectivity index (χ4n) is 1.68. The molecule has 1 amide bonds. The van der Waals surface area contributed by atoms with Crippen molar-refractivity contribution in [3.63, 3.8) is 0 Å². The van der Waals surface area contributed by atoms with Gasteiger partial charge in [-0.2, -0.15) is 0 Å². The first kappa shape index (κ1) is 14.4. The third-order valence-corrected chi connectivity index (χ3v) is 3.55. The molecule has 6 nitrogen and oxygen atoms in total. The number of nitrogens with zero attached hydrogens (tertiary/aromatic N) is 4. The molecule has 0 fully saturated rings. The lowest BCUT2D eigenvalue weighted by Crippen LogP contribution is -2.30. The normalized spacial score (nSPS) is 10.3. The second-order valence-electron chi connectivity index (χ2n) is 4.08. The zero-order chi connectivity index (χ0) is 14.4. The van der Waals surface area contributed by atoms with Crippen molar-refractivity contribution >= 4 is 22.4 Å². The minimum Gasteiger partial charge on any atom is -0.360 e. The number of amides is 1. The molecule has 0 radical (unpaired) electrons. The van der Waals surface area contributed by atoms with Gasteiger partial charge in [-0.15, -0.1) is 10.2 Å². The molecule has 7 heteroatoms. The average Bonchev–Trinajstić information content (AvgIpc) is 2.94. The molecule has 0 saturated heterocycles. The average molecular weight is 291 g/mol. The summed E-state index contributed by atoms with van der Waals surface area (Å²) in [5.74, 6) is -0.111. The largest absolute Gasteiger partial charge is 0.360 e. The molecule has 0 saturated carbocycles. The lowest BCUT2D eigenvalue weighted by atomic mass is 10.3. The SMILES string of the molecule is CCNc1nnc(C(=O)N(CC)Cc2ccccn2)s1. The summed E-state index contributed by atoms with van der Waals surface area (Å²) >= 11 is 1.27. The Labute approximate surface area is 121 Å². The number of aromatic nitrogens is 3. The highest BCUT2D eigenvalue weighted by Crippen LogP contribution is 2.17. The first-order chi connectivity index (χ1) is 9.74. The number of hydrogen-bond donors (Lipinski definition) is 1. The first-order valence-corrected chi connectivity index (χ1v) is 7.32. The molecule has 0 aromatic carbocycles. The Kier molecular flexibility index (Phi) is 5.00. The molecular weight excluding hydrogens is 274 g/mol. The van der Waals surface area contributed by atoms with Gasteiger partial charge in [0.25, 0.3) is 5.91 Å². The highest BCUT2D eigenvalue weighted by molar-refractivity contribution is 7.17. The van der Waals surface area contributed by atoms with Crippen LogP contribution in [-0.2, 0) is 6.54 Å². The lowest BCUT2D eigenvalue weighted by Gasteiger charge is -2.18. The van der Waals surface area contributed by atoms with Crippen LogP contribution in [0.5, 0.6) is 0 Å². The summed E-state index contributed by atoms with van der Waals surface area (Å²) in [4.78, 5) is 18.3. The molecule has 20 heavy (non-hydrogen) atoms. The number of nitrogens with one attached hydrogen (secondary N) is 1. The number of carbonyl (C=O) groups excluding carboxylic acids is 1. The molecule has 106 valence electrons. The molecule has 0 unspecified atom stereocenters. The van der Waals surface area contributed by atoms with Crippen molar-refractivity contribution in [2.75, 3.05) is 18.4 Å². The Morgan fingerprint density at radius 3 is 2.85 bits per heavy atom. The van der Waals surface area contributed by atoms with Gasteiger partial charge in [-0.3, -0.25) is 9.78 Å². The van der Waals surface area contributed by atoms with Crippen LogP contribution in [0.2, 0.25) is 0 Å². The number of hydrogen-bond acceptors (Lipinski definition) is 6. The van der Waals surface area contributed by atoms with Gasteiger partial charge in [0, 0.05) is 19.3 Å². The maximum atomic E-state index is 12.4. The van der Waals surface area contributed by atoms with Gasteiger partial charge in [-0.05, 0) is 26.0 Å². The van der Waals surface area contributed by atoms with Crippen LogP contribution in [0, 0.1) is 0 Å². The van der Waals surface area contributed by atoms with Crippen molar-refractivity contribution in [1.29, 1.82) is 0 Å². The first-order valence-electron chi connectivity index (χ1n) is 6.51. The van der Waals surface area contributed by atoms with Crippen LogP contribution in [0.15, 0.2) is 24.4 Å². The van der Waals surface area contributed by atoms with E-state index in [1.165, 1.54) is 11.3 Å². The summed E-state index contributed by atoms with van der Waals surface area (Å²) in [6, 6.07) is 5.67. The van der Waals surface area contributed by atoms with Gasteiger partial charge in [0.1, 0.15) is 0 Å². The highest BCUT2D eigenvalue weighted by atomic mass is 32.1. The van der Waals surface area contributed by atoms with Crippen LogP contribution in [-0.4, -0.2) is 39.1 Å². The predicted octanol–water partition coefficient (Wildman–Crippen LogP) is 2.03. The van der Waals surface area contributed by atoms with Crippen LogP contribution < -0.4 is 5.32 Å². The third kappa shape index (κ3) is 3.51. The van der Waals surface area contributed by atoms with Crippen molar-refractivity contribution < 1.29 is 4.79 Å². The highest BCUT2D eigenvalue weighted by Gasteiger charge is 2.19. The number of rotatable bonds is 6. The van der Waals surface area contributed by atoms with Crippen LogP contribution in [0.3, 0.4) is 0 Å². The van der Waals surface area contributed by atoms with E-state index in [1.54, 1.807) is 11.1 Å². The fraction of sp³-hybridized carbons (Fsp3) is 0.385. The summed E-state index contributed by atoms with van der Waals surface area (Å²) in [6.45, 7) is 5.75. The Balaban J connectivity index is 2.08. The molecule has 0 aliphatic heterocycles. The number of pyridine rings is 1. The summed E-state index contributed by atoms with van der Waals surface area (Å²) in [5, 5.41) is 12.0. The zero-order valence-electron chi connectivity index (χ0n) is 11.5. The summed E-state index contributed by atoms with van der Waals surface area (Å²) < 4.78 is 0. The summed E-state index contributed by atoms with van der Waals surface area (Å²) in [5.41, 5.74) is 0.860. The Bertz CT molecular complexity index is 557. The van der Waals surface area contributed by atoms with Crippen molar-refractivity contribution in [2.24, 2.45) is 0 Å². The van der Waals surface area contributed by atoms with Crippen molar-refractivity contribution in [3.8, 4) is 0 Å². The van der Waals surface area contributed by atoms with Crippen molar-refractivity contribution in [2.45, 2.75) is 20.4 Å². The van der Waals surface area contributed by atoms with Crippen LogP contribution in [0.1, 0.15) is 29.3 Å². The molecule has 0 bridgehead atoms. The molecule has 0 atom stereocenters. The van der Waals surface area contributed by atoms with E-state index in [1.807, 2.05) is 32.0 Å². The van der Waals surface area contributed by atoms with Gasteiger partial charge < -0.3 is 10.2 Å².